The van der Waals surface area contributed by atoms with Crippen LogP contribution >= 0.6 is 38.5 Å². The van der Waals surface area contributed by atoms with Gasteiger partial charge >= 0.3 is 5.97 Å². The third-order valence-electron chi connectivity index (χ3n) is 1.57. The van der Waals surface area contributed by atoms with Gasteiger partial charge in [-0.1, -0.05) is 0 Å². The maximum absolute atomic E-state index is 12.4. The van der Waals surface area contributed by atoms with Gasteiger partial charge in [0.15, 0.2) is 0 Å². The molecular formula is C8H5BrF2INO2. The first-order valence-electron chi connectivity index (χ1n) is 3.69. The molecule has 0 unspecified atom stereocenters. The van der Waals surface area contributed by atoms with Gasteiger partial charge in [-0.3, -0.25) is 0 Å². The number of alkyl halides is 2. The highest BCUT2D eigenvalue weighted by Gasteiger charge is 2.19. The van der Waals surface area contributed by atoms with E-state index in [1.807, 2.05) is 0 Å². The molecule has 15 heavy (non-hydrogen) atoms. The van der Waals surface area contributed by atoms with Crippen molar-refractivity contribution in [1.82, 2.24) is 4.98 Å². The van der Waals surface area contributed by atoms with Gasteiger partial charge in [-0.15, -0.1) is 0 Å². The number of aromatic nitrogens is 1. The van der Waals surface area contributed by atoms with Crippen LogP contribution in [-0.4, -0.2) is 18.1 Å². The highest BCUT2D eigenvalue weighted by Crippen LogP contribution is 2.28. The second kappa shape index (κ2) is 5.15. The standard InChI is InChI=1S/C8H5BrF2INO2/c1-15-8(14)3-2-4(9)5(6(10)11)13-7(3)12/h2,6H,1H3. The third-order valence-corrected chi connectivity index (χ3v) is 3.03. The molecule has 0 bridgehead atoms. The lowest BCUT2D eigenvalue weighted by Gasteiger charge is -2.06. The molecule has 0 saturated carbocycles. The van der Waals surface area contributed by atoms with Gasteiger partial charge in [0.25, 0.3) is 6.43 Å². The number of rotatable bonds is 2. The molecule has 0 fully saturated rings. The summed E-state index contributed by atoms with van der Waals surface area (Å²) in [5.41, 5.74) is -0.221. The Balaban J connectivity index is 3.25. The van der Waals surface area contributed by atoms with E-state index in [1.54, 1.807) is 22.6 Å². The van der Waals surface area contributed by atoms with Gasteiger partial charge in [-0.05, 0) is 44.6 Å². The minimum atomic E-state index is -2.68. The summed E-state index contributed by atoms with van der Waals surface area (Å²) in [7, 11) is 1.22. The minimum Gasteiger partial charge on any atom is -0.465 e. The molecule has 0 amide bonds. The predicted molar refractivity (Wildman–Crippen MR) is 61.0 cm³/mol. The second-order valence-corrected chi connectivity index (χ2v) is 4.36. The molecule has 0 N–H and O–H groups in total. The van der Waals surface area contributed by atoms with Gasteiger partial charge in [0.05, 0.1) is 12.7 Å². The number of esters is 1. The van der Waals surface area contributed by atoms with E-state index in [4.69, 9.17) is 0 Å². The van der Waals surface area contributed by atoms with Gasteiger partial charge in [-0.25, -0.2) is 18.6 Å². The van der Waals surface area contributed by atoms with Crippen LogP contribution in [0.4, 0.5) is 8.78 Å². The maximum Gasteiger partial charge on any atom is 0.340 e. The van der Waals surface area contributed by atoms with E-state index in [0.717, 1.165) is 0 Å². The Hall–Kier alpha value is -0.310. The average molecular weight is 392 g/mol. The molecule has 0 saturated heterocycles. The molecule has 1 heterocycles. The molecule has 0 aromatic carbocycles. The van der Waals surface area contributed by atoms with Crippen LogP contribution in [0.25, 0.3) is 0 Å². The number of hydrogen-bond donors (Lipinski definition) is 0. The fourth-order valence-electron chi connectivity index (χ4n) is 0.886. The van der Waals surface area contributed by atoms with Crippen LogP contribution in [0, 0.1) is 3.70 Å². The first-order chi connectivity index (χ1) is 6.97. The van der Waals surface area contributed by atoms with Crippen LogP contribution < -0.4 is 0 Å². The molecule has 0 aliphatic rings. The molecule has 0 radical (unpaired) electrons. The topological polar surface area (TPSA) is 39.2 Å². The summed E-state index contributed by atoms with van der Waals surface area (Å²) in [4.78, 5) is 14.8. The van der Waals surface area contributed by atoms with Gasteiger partial charge in [0.1, 0.15) is 9.39 Å². The van der Waals surface area contributed by atoms with Crippen LogP contribution in [0.15, 0.2) is 10.5 Å². The van der Waals surface area contributed by atoms with Crippen LogP contribution in [-0.2, 0) is 4.74 Å². The summed E-state index contributed by atoms with van der Waals surface area (Å²) in [5, 5.41) is 0. The zero-order valence-electron chi connectivity index (χ0n) is 7.43. The van der Waals surface area contributed by atoms with Crippen molar-refractivity contribution in [1.29, 1.82) is 0 Å². The predicted octanol–water partition coefficient (Wildman–Crippen LogP) is 3.17. The molecule has 82 valence electrons. The first-order valence-corrected chi connectivity index (χ1v) is 5.57. The van der Waals surface area contributed by atoms with Crippen molar-refractivity contribution < 1.29 is 18.3 Å². The second-order valence-electron chi connectivity index (χ2n) is 2.49. The number of hydrogen-bond acceptors (Lipinski definition) is 3. The van der Waals surface area contributed by atoms with E-state index in [9.17, 15) is 13.6 Å². The van der Waals surface area contributed by atoms with Gasteiger partial charge in [0, 0.05) is 4.47 Å². The SMILES string of the molecule is COC(=O)c1cc(Br)c(C(F)F)nc1I. The van der Waals surface area contributed by atoms with Crippen LogP contribution in [0.5, 0.6) is 0 Å². The smallest absolute Gasteiger partial charge is 0.340 e. The van der Waals surface area contributed by atoms with Crippen LogP contribution in [0.1, 0.15) is 22.5 Å². The Morgan fingerprint density at radius 3 is 2.73 bits per heavy atom. The molecule has 1 aromatic heterocycles. The maximum atomic E-state index is 12.4. The van der Waals surface area contributed by atoms with E-state index < -0.39 is 12.4 Å². The molecule has 0 spiro atoms. The third kappa shape index (κ3) is 2.83. The lowest BCUT2D eigenvalue weighted by atomic mass is 10.2. The minimum absolute atomic E-state index is 0.0957. The number of methoxy groups -OCH3 is 1. The fraction of sp³-hybridized carbons (Fsp3) is 0.250. The van der Waals surface area contributed by atoms with E-state index in [1.165, 1.54) is 13.2 Å². The number of halogens is 4. The van der Waals surface area contributed by atoms with Crippen molar-refractivity contribution >= 4 is 44.5 Å². The molecule has 0 aliphatic carbocycles. The number of nitrogens with zero attached hydrogens (tertiary/aromatic N) is 1. The van der Waals surface area contributed by atoms with Crippen LogP contribution in [0.2, 0.25) is 0 Å². The Labute approximate surface area is 106 Å². The molecular weight excluding hydrogens is 387 g/mol. The van der Waals surface area contributed by atoms with Crippen LogP contribution in [0.3, 0.4) is 0 Å². The lowest BCUT2D eigenvalue weighted by Crippen LogP contribution is -2.07. The quantitative estimate of drug-likeness (QED) is 0.441. The number of pyridine rings is 1. The summed E-state index contributed by atoms with van der Waals surface area (Å²) in [6, 6.07) is 1.28. The Morgan fingerprint density at radius 2 is 2.27 bits per heavy atom. The summed E-state index contributed by atoms with van der Waals surface area (Å²) < 4.78 is 29.6. The Bertz CT molecular complexity index is 400. The summed E-state index contributed by atoms with van der Waals surface area (Å²) in [6.45, 7) is 0. The van der Waals surface area contributed by atoms with Crippen molar-refractivity contribution in [2.75, 3.05) is 7.11 Å². The molecule has 1 rings (SSSR count). The van der Waals surface area contributed by atoms with Crippen molar-refractivity contribution in [3.05, 3.63) is 25.5 Å². The zero-order chi connectivity index (χ0) is 11.6. The Kier molecular flexibility index (Phi) is 4.38. The molecule has 7 heteroatoms. The summed E-state index contributed by atoms with van der Waals surface area (Å²) in [6.07, 6.45) is -2.68. The zero-order valence-corrected chi connectivity index (χ0v) is 11.2. The highest BCUT2D eigenvalue weighted by atomic mass is 127. The average Bonchev–Trinajstić information content (AvgIpc) is 2.19. The first kappa shape index (κ1) is 12.8. The number of ether oxygens (including phenoxy) is 1. The van der Waals surface area contributed by atoms with E-state index in [-0.39, 0.29) is 19.4 Å². The largest absolute Gasteiger partial charge is 0.465 e. The van der Waals surface area contributed by atoms with E-state index >= 15 is 0 Å². The lowest BCUT2D eigenvalue weighted by molar-refractivity contribution is 0.0598. The van der Waals surface area contributed by atoms with E-state index in [0.29, 0.717) is 0 Å². The molecule has 0 aliphatic heterocycles. The highest BCUT2D eigenvalue weighted by molar-refractivity contribution is 14.1. The van der Waals surface area contributed by atoms with E-state index in [2.05, 4.69) is 25.7 Å². The molecule has 3 nitrogen and oxygen atoms in total. The van der Waals surface area contributed by atoms with Crippen molar-refractivity contribution in [2.24, 2.45) is 0 Å². The number of carbonyl (C=O) groups excluding carboxylic acids is 1. The van der Waals surface area contributed by atoms with Crippen molar-refractivity contribution in [3.63, 3.8) is 0 Å². The molecule has 1 aromatic rings. The number of carbonyl (C=O) groups is 1. The fourth-order valence-corrected chi connectivity index (χ4v) is 2.01. The summed E-state index contributed by atoms with van der Waals surface area (Å²) in [5.74, 6) is -0.603. The normalized spacial score (nSPS) is 10.5. The van der Waals surface area contributed by atoms with Crippen molar-refractivity contribution in [3.8, 4) is 0 Å². The van der Waals surface area contributed by atoms with Gasteiger partial charge < -0.3 is 4.74 Å². The summed E-state index contributed by atoms with van der Waals surface area (Å²) >= 11 is 4.63. The van der Waals surface area contributed by atoms with Gasteiger partial charge in [0.2, 0.25) is 0 Å². The molecule has 0 atom stereocenters. The monoisotopic (exact) mass is 391 g/mol. The van der Waals surface area contributed by atoms with Crippen molar-refractivity contribution in [2.45, 2.75) is 6.43 Å². The van der Waals surface area contributed by atoms with Gasteiger partial charge in [-0.2, -0.15) is 0 Å². The Morgan fingerprint density at radius 1 is 1.67 bits per heavy atom.